The molecule has 0 spiro atoms. The quantitative estimate of drug-likeness (QED) is 0.604. The number of hydrogen-bond donors (Lipinski definition) is 1. The Labute approximate surface area is 63.2 Å². The van der Waals surface area contributed by atoms with Crippen LogP contribution in [0.3, 0.4) is 0 Å². The summed E-state index contributed by atoms with van der Waals surface area (Å²) in [6.45, 7) is 6.51. The van der Waals surface area contributed by atoms with Crippen LogP contribution in [-0.4, -0.2) is 25.4 Å². The lowest BCUT2D eigenvalue weighted by molar-refractivity contribution is 0.177. The lowest BCUT2D eigenvalue weighted by atomic mass is 9.96. The van der Waals surface area contributed by atoms with Crippen LogP contribution < -0.4 is 0 Å². The highest BCUT2D eigenvalue weighted by Crippen LogP contribution is 2.20. The second-order valence-corrected chi connectivity index (χ2v) is 2.87. The number of hydrogen-bond acceptors (Lipinski definition) is 2. The number of rotatable bonds is 1. The van der Waals surface area contributed by atoms with E-state index >= 15 is 0 Å². The molecule has 0 aliphatic carbocycles. The maximum Gasteiger partial charge on any atom is 0.0497 e. The third-order valence-corrected chi connectivity index (χ3v) is 1.91. The van der Waals surface area contributed by atoms with Gasteiger partial charge in [0.05, 0.1) is 0 Å². The molecule has 1 heterocycles. The SMILES string of the molecule is CC(C)C1CCOC1.CO. The molecule has 0 bridgehead atoms. The standard InChI is InChI=1S/C7H14O.CH4O/c1-6(2)7-3-4-8-5-7;1-2/h6-7H,3-5H2,1-2H3;2H,1H3. The fraction of sp³-hybridized carbons (Fsp3) is 1.00. The number of aliphatic hydroxyl groups is 1. The van der Waals surface area contributed by atoms with Gasteiger partial charge in [0.2, 0.25) is 0 Å². The molecule has 0 aromatic heterocycles. The van der Waals surface area contributed by atoms with Crippen molar-refractivity contribution in [1.29, 1.82) is 0 Å². The number of aliphatic hydroxyl groups excluding tert-OH is 1. The molecule has 2 heteroatoms. The first kappa shape index (κ1) is 9.92. The molecule has 1 saturated heterocycles. The maximum atomic E-state index is 7.00. The largest absolute Gasteiger partial charge is 0.400 e. The van der Waals surface area contributed by atoms with Crippen molar-refractivity contribution in [3.05, 3.63) is 0 Å². The highest BCUT2D eigenvalue weighted by Gasteiger charge is 2.17. The topological polar surface area (TPSA) is 29.5 Å². The average Bonchev–Trinajstić information content (AvgIpc) is 2.42. The van der Waals surface area contributed by atoms with Gasteiger partial charge in [-0.2, -0.15) is 0 Å². The predicted octanol–water partition coefficient (Wildman–Crippen LogP) is 1.29. The van der Waals surface area contributed by atoms with Crippen LogP contribution in [0.1, 0.15) is 20.3 Å². The van der Waals surface area contributed by atoms with E-state index in [-0.39, 0.29) is 0 Å². The number of ether oxygens (including phenoxy) is 1. The molecule has 2 nitrogen and oxygen atoms in total. The van der Waals surface area contributed by atoms with Gasteiger partial charge in [-0.1, -0.05) is 13.8 Å². The minimum atomic E-state index is 0.817. The zero-order valence-corrected chi connectivity index (χ0v) is 7.13. The van der Waals surface area contributed by atoms with Crippen molar-refractivity contribution in [3.63, 3.8) is 0 Å². The van der Waals surface area contributed by atoms with Crippen LogP contribution in [-0.2, 0) is 4.74 Å². The fourth-order valence-corrected chi connectivity index (χ4v) is 1.08. The van der Waals surface area contributed by atoms with E-state index in [1.165, 1.54) is 6.42 Å². The van der Waals surface area contributed by atoms with Crippen molar-refractivity contribution in [1.82, 2.24) is 0 Å². The minimum absolute atomic E-state index is 0.817. The second kappa shape index (κ2) is 5.69. The summed E-state index contributed by atoms with van der Waals surface area (Å²) in [5, 5.41) is 7.00. The molecule has 0 amide bonds. The Hall–Kier alpha value is -0.0800. The van der Waals surface area contributed by atoms with Crippen LogP contribution in [0.2, 0.25) is 0 Å². The van der Waals surface area contributed by atoms with Gasteiger partial charge in [-0.3, -0.25) is 0 Å². The van der Waals surface area contributed by atoms with E-state index in [1.54, 1.807) is 0 Å². The molecule has 1 unspecified atom stereocenters. The second-order valence-electron chi connectivity index (χ2n) is 2.87. The third-order valence-electron chi connectivity index (χ3n) is 1.91. The van der Waals surface area contributed by atoms with Crippen molar-refractivity contribution in [2.75, 3.05) is 20.3 Å². The maximum absolute atomic E-state index is 7.00. The Bertz CT molecular complexity index is 65.7. The Kier molecular flexibility index (Phi) is 5.64. The van der Waals surface area contributed by atoms with Crippen molar-refractivity contribution in [2.45, 2.75) is 20.3 Å². The van der Waals surface area contributed by atoms with Crippen LogP contribution in [0.25, 0.3) is 0 Å². The molecule has 0 aromatic carbocycles. The van der Waals surface area contributed by atoms with Gasteiger partial charge in [0.1, 0.15) is 0 Å². The summed E-state index contributed by atoms with van der Waals surface area (Å²) in [6.07, 6.45) is 1.28. The highest BCUT2D eigenvalue weighted by molar-refractivity contribution is 4.66. The van der Waals surface area contributed by atoms with Crippen LogP contribution in [0.5, 0.6) is 0 Å². The van der Waals surface area contributed by atoms with Gasteiger partial charge in [-0.25, -0.2) is 0 Å². The molecule has 62 valence electrons. The smallest absolute Gasteiger partial charge is 0.0497 e. The van der Waals surface area contributed by atoms with E-state index in [2.05, 4.69) is 13.8 Å². The van der Waals surface area contributed by atoms with Gasteiger partial charge < -0.3 is 9.84 Å². The van der Waals surface area contributed by atoms with Crippen molar-refractivity contribution >= 4 is 0 Å². The first-order valence-electron chi connectivity index (χ1n) is 3.83. The van der Waals surface area contributed by atoms with Crippen LogP contribution in [0.15, 0.2) is 0 Å². The summed E-state index contributed by atoms with van der Waals surface area (Å²) in [4.78, 5) is 0. The molecule has 1 aliphatic heterocycles. The Morgan fingerprint density at radius 2 is 2.00 bits per heavy atom. The van der Waals surface area contributed by atoms with Gasteiger partial charge in [0.15, 0.2) is 0 Å². The fourth-order valence-electron chi connectivity index (χ4n) is 1.08. The molecular formula is C8H18O2. The van der Waals surface area contributed by atoms with Crippen LogP contribution >= 0.6 is 0 Å². The first-order chi connectivity index (χ1) is 4.80. The van der Waals surface area contributed by atoms with Gasteiger partial charge >= 0.3 is 0 Å². The Balaban J connectivity index is 0.000000371. The van der Waals surface area contributed by atoms with Crippen LogP contribution in [0.4, 0.5) is 0 Å². The highest BCUT2D eigenvalue weighted by atomic mass is 16.5. The zero-order valence-electron chi connectivity index (χ0n) is 7.13. The van der Waals surface area contributed by atoms with Gasteiger partial charge in [-0.05, 0) is 18.3 Å². The Morgan fingerprint density at radius 1 is 1.40 bits per heavy atom. The summed E-state index contributed by atoms with van der Waals surface area (Å²) < 4.78 is 5.22. The minimum Gasteiger partial charge on any atom is -0.400 e. The summed E-state index contributed by atoms with van der Waals surface area (Å²) in [6, 6.07) is 0. The third kappa shape index (κ3) is 3.18. The molecular weight excluding hydrogens is 128 g/mol. The molecule has 10 heavy (non-hydrogen) atoms. The van der Waals surface area contributed by atoms with E-state index in [4.69, 9.17) is 9.84 Å². The van der Waals surface area contributed by atoms with E-state index in [9.17, 15) is 0 Å². The van der Waals surface area contributed by atoms with E-state index < -0.39 is 0 Å². The summed E-state index contributed by atoms with van der Waals surface area (Å²) >= 11 is 0. The van der Waals surface area contributed by atoms with Gasteiger partial charge in [0.25, 0.3) is 0 Å². The van der Waals surface area contributed by atoms with Crippen molar-refractivity contribution < 1.29 is 9.84 Å². The van der Waals surface area contributed by atoms with Gasteiger partial charge in [0, 0.05) is 20.3 Å². The van der Waals surface area contributed by atoms with Gasteiger partial charge in [-0.15, -0.1) is 0 Å². The Morgan fingerprint density at radius 3 is 2.20 bits per heavy atom. The van der Waals surface area contributed by atoms with Crippen molar-refractivity contribution in [3.8, 4) is 0 Å². The molecule has 1 aliphatic rings. The lowest BCUT2D eigenvalue weighted by Gasteiger charge is -2.09. The molecule has 1 N–H and O–H groups in total. The normalized spacial score (nSPS) is 24.3. The molecule has 0 saturated carbocycles. The van der Waals surface area contributed by atoms with E-state index in [1.807, 2.05) is 0 Å². The van der Waals surface area contributed by atoms with E-state index in [0.29, 0.717) is 0 Å². The van der Waals surface area contributed by atoms with E-state index in [0.717, 1.165) is 32.2 Å². The monoisotopic (exact) mass is 146 g/mol. The molecule has 0 aromatic rings. The molecule has 0 radical (unpaired) electrons. The summed E-state index contributed by atoms with van der Waals surface area (Å²) in [5.41, 5.74) is 0. The average molecular weight is 146 g/mol. The summed E-state index contributed by atoms with van der Waals surface area (Å²) in [5.74, 6) is 1.66. The summed E-state index contributed by atoms with van der Waals surface area (Å²) in [7, 11) is 1.00. The molecule has 1 fully saturated rings. The van der Waals surface area contributed by atoms with Crippen molar-refractivity contribution in [2.24, 2.45) is 11.8 Å². The molecule has 1 atom stereocenters. The predicted molar refractivity (Wildman–Crippen MR) is 41.9 cm³/mol. The van der Waals surface area contributed by atoms with Crippen LogP contribution in [0, 0.1) is 11.8 Å². The zero-order chi connectivity index (χ0) is 7.98. The molecule has 1 rings (SSSR count). The lowest BCUT2D eigenvalue weighted by Crippen LogP contribution is -2.06. The first-order valence-corrected chi connectivity index (χ1v) is 3.83.